The normalized spacial score (nSPS) is 10.7. The predicted octanol–water partition coefficient (Wildman–Crippen LogP) is 2.47. The second-order valence-corrected chi connectivity index (χ2v) is 5.18. The lowest BCUT2D eigenvalue weighted by Gasteiger charge is -2.06. The van der Waals surface area contributed by atoms with Crippen LogP contribution in [-0.4, -0.2) is 8.42 Å². The van der Waals surface area contributed by atoms with Crippen molar-refractivity contribution in [3.05, 3.63) is 59.9 Å². The number of rotatable bonds is 3. The zero-order chi connectivity index (χ0) is 13.9. The minimum Gasteiger partial charge on any atom is -0.379 e. The topological polar surface area (TPSA) is 67.2 Å². The molecule has 0 N–H and O–H groups in total. The molecule has 19 heavy (non-hydrogen) atoms. The van der Waals surface area contributed by atoms with Crippen LogP contribution in [0.3, 0.4) is 0 Å². The molecular weight excluding hydrogens is 269 g/mol. The van der Waals surface area contributed by atoms with Crippen molar-refractivity contribution < 1.29 is 17.0 Å². The Labute approximate surface area is 109 Å². The number of benzene rings is 2. The van der Waals surface area contributed by atoms with E-state index < -0.39 is 15.9 Å². The molecule has 0 radical (unpaired) electrons. The Kier molecular flexibility index (Phi) is 3.49. The number of hydrogen-bond acceptors (Lipinski definition) is 4. The van der Waals surface area contributed by atoms with Gasteiger partial charge in [0.05, 0.1) is 11.6 Å². The van der Waals surface area contributed by atoms with E-state index in [1.807, 2.05) is 6.07 Å². The van der Waals surface area contributed by atoms with E-state index in [1.54, 1.807) is 0 Å². The van der Waals surface area contributed by atoms with Gasteiger partial charge in [0.2, 0.25) is 0 Å². The molecule has 0 amide bonds. The first-order valence-corrected chi connectivity index (χ1v) is 6.62. The average Bonchev–Trinajstić information content (AvgIpc) is 2.38. The van der Waals surface area contributed by atoms with Crippen molar-refractivity contribution in [2.75, 3.05) is 0 Å². The molecule has 0 aliphatic heterocycles. The second-order valence-electron chi connectivity index (χ2n) is 3.63. The molecule has 96 valence electrons. The van der Waals surface area contributed by atoms with E-state index in [0.29, 0.717) is 5.56 Å². The van der Waals surface area contributed by atoms with Crippen molar-refractivity contribution in [3.8, 4) is 11.8 Å². The summed E-state index contributed by atoms with van der Waals surface area (Å²) in [6.45, 7) is 0. The molecule has 0 aliphatic rings. The monoisotopic (exact) mass is 277 g/mol. The molecule has 0 bridgehead atoms. The molecular formula is C13H8FNO3S. The maximum absolute atomic E-state index is 12.9. The third-order valence-electron chi connectivity index (χ3n) is 2.27. The summed E-state index contributed by atoms with van der Waals surface area (Å²) in [5.74, 6) is -0.697. The fourth-order valence-corrected chi connectivity index (χ4v) is 2.31. The second kappa shape index (κ2) is 5.08. The zero-order valence-electron chi connectivity index (χ0n) is 9.58. The first-order valence-electron chi connectivity index (χ1n) is 5.21. The summed E-state index contributed by atoms with van der Waals surface area (Å²) in [5.41, 5.74) is 0.338. The van der Waals surface area contributed by atoms with Crippen LogP contribution in [0.4, 0.5) is 4.39 Å². The highest BCUT2D eigenvalue weighted by Gasteiger charge is 2.16. The first kappa shape index (κ1) is 13.1. The smallest absolute Gasteiger partial charge is 0.339 e. The van der Waals surface area contributed by atoms with Gasteiger partial charge in [0.25, 0.3) is 0 Å². The molecule has 0 fully saturated rings. The number of nitrogens with zero attached hydrogens (tertiary/aromatic N) is 1. The molecule has 0 heterocycles. The molecule has 0 atom stereocenters. The van der Waals surface area contributed by atoms with E-state index in [9.17, 15) is 12.8 Å². The molecule has 0 saturated heterocycles. The molecule has 0 saturated carbocycles. The van der Waals surface area contributed by atoms with E-state index in [1.165, 1.54) is 42.5 Å². The molecule has 0 aliphatic carbocycles. The molecule has 2 aromatic carbocycles. The van der Waals surface area contributed by atoms with Gasteiger partial charge < -0.3 is 4.18 Å². The number of hydrogen-bond donors (Lipinski definition) is 0. The van der Waals surface area contributed by atoms with Crippen LogP contribution >= 0.6 is 0 Å². The lowest BCUT2D eigenvalue weighted by molar-refractivity contribution is 0.483. The average molecular weight is 277 g/mol. The van der Waals surface area contributed by atoms with Crippen molar-refractivity contribution >= 4 is 10.1 Å². The van der Waals surface area contributed by atoms with Crippen LogP contribution < -0.4 is 4.18 Å². The van der Waals surface area contributed by atoms with Crippen molar-refractivity contribution in [2.24, 2.45) is 0 Å². The Balaban J connectivity index is 2.30. The molecule has 2 rings (SSSR count). The molecule has 0 unspecified atom stereocenters. The minimum atomic E-state index is -4.03. The quantitative estimate of drug-likeness (QED) is 0.808. The fourth-order valence-electron chi connectivity index (χ4n) is 1.39. The Bertz CT molecular complexity index is 733. The lowest BCUT2D eigenvalue weighted by Crippen LogP contribution is -2.09. The summed E-state index contributed by atoms with van der Waals surface area (Å²) in [5, 5.41) is 8.62. The van der Waals surface area contributed by atoms with Gasteiger partial charge in [0.1, 0.15) is 16.5 Å². The number of nitriles is 1. The van der Waals surface area contributed by atoms with E-state index in [0.717, 1.165) is 6.07 Å². The van der Waals surface area contributed by atoms with E-state index in [2.05, 4.69) is 0 Å². The SMILES string of the molecule is N#Cc1ccc(S(=O)(=O)Oc2cccc(F)c2)cc1. The largest absolute Gasteiger partial charge is 0.379 e. The lowest BCUT2D eigenvalue weighted by atomic mass is 10.2. The van der Waals surface area contributed by atoms with Crippen LogP contribution in [0, 0.1) is 17.1 Å². The van der Waals surface area contributed by atoms with Gasteiger partial charge in [-0.3, -0.25) is 0 Å². The Hall–Kier alpha value is -2.39. The summed E-state index contributed by atoms with van der Waals surface area (Å²) in [7, 11) is -4.03. The van der Waals surface area contributed by atoms with Crippen molar-refractivity contribution in [3.63, 3.8) is 0 Å². The van der Waals surface area contributed by atoms with E-state index in [-0.39, 0.29) is 10.6 Å². The summed E-state index contributed by atoms with van der Waals surface area (Å²) in [6, 6.07) is 12.0. The predicted molar refractivity (Wildman–Crippen MR) is 65.4 cm³/mol. The number of halogens is 1. The van der Waals surface area contributed by atoms with Crippen molar-refractivity contribution in [2.45, 2.75) is 4.90 Å². The maximum Gasteiger partial charge on any atom is 0.339 e. The van der Waals surface area contributed by atoms with Crippen molar-refractivity contribution in [1.29, 1.82) is 5.26 Å². The van der Waals surface area contributed by atoms with Gasteiger partial charge in [-0.25, -0.2) is 4.39 Å². The molecule has 0 spiro atoms. The molecule has 0 aromatic heterocycles. The molecule has 4 nitrogen and oxygen atoms in total. The van der Waals surface area contributed by atoms with Crippen LogP contribution in [0.1, 0.15) is 5.56 Å². The van der Waals surface area contributed by atoms with Gasteiger partial charge in [-0.05, 0) is 36.4 Å². The maximum atomic E-state index is 12.9. The zero-order valence-corrected chi connectivity index (χ0v) is 10.4. The Morgan fingerprint density at radius 2 is 1.79 bits per heavy atom. The van der Waals surface area contributed by atoms with E-state index in [4.69, 9.17) is 9.44 Å². The van der Waals surface area contributed by atoms with Gasteiger partial charge in [-0.1, -0.05) is 6.07 Å². The van der Waals surface area contributed by atoms with Crippen molar-refractivity contribution in [1.82, 2.24) is 0 Å². The Morgan fingerprint density at radius 1 is 1.11 bits per heavy atom. The van der Waals surface area contributed by atoms with Crippen LogP contribution in [0.15, 0.2) is 53.4 Å². The summed E-state index contributed by atoms with van der Waals surface area (Å²) in [4.78, 5) is -0.101. The van der Waals surface area contributed by atoms with Gasteiger partial charge in [-0.15, -0.1) is 0 Å². The summed E-state index contributed by atoms with van der Waals surface area (Å²) >= 11 is 0. The van der Waals surface area contributed by atoms with Gasteiger partial charge >= 0.3 is 10.1 Å². The molecule has 2 aromatic rings. The standard InChI is InChI=1S/C13H8FNO3S/c14-11-2-1-3-12(8-11)18-19(16,17)13-6-4-10(9-15)5-7-13/h1-8H. The summed E-state index contributed by atoms with van der Waals surface area (Å²) < 4.78 is 41.5. The fraction of sp³-hybridized carbons (Fsp3) is 0. The summed E-state index contributed by atoms with van der Waals surface area (Å²) in [6.07, 6.45) is 0. The van der Waals surface area contributed by atoms with Gasteiger partial charge in [0.15, 0.2) is 0 Å². The first-order chi connectivity index (χ1) is 9.01. The van der Waals surface area contributed by atoms with Crippen LogP contribution in [-0.2, 0) is 10.1 Å². The molecule has 6 heteroatoms. The van der Waals surface area contributed by atoms with Crippen LogP contribution in [0.5, 0.6) is 5.75 Å². The minimum absolute atomic E-state index is 0.101. The Morgan fingerprint density at radius 3 is 2.37 bits per heavy atom. The third kappa shape index (κ3) is 3.09. The highest BCUT2D eigenvalue weighted by atomic mass is 32.2. The van der Waals surface area contributed by atoms with Gasteiger partial charge in [-0.2, -0.15) is 13.7 Å². The van der Waals surface area contributed by atoms with Crippen LogP contribution in [0.25, 0.3) is 0 Å². The van der Waals surface area contributed by atoms with E-state index >= 15 is 0 Å². The van der Waals surface area contributed by atoms with Crippen LogP contribution in [0.2, 0.25) is 0 Å². The highest BCUT2D eigenvalue weighted by Crippen LogP contribution is 2.19. The third-order valence-corrected chi connectivity index (χ3v) is 3.54. The highest BCUT2D eigenvalue weighted by molar-refractivity contribution is 7.87. The van der Waals surface area contributed by atoms with Gasteiger partial charge in [0, 0.05) is 6.07 Å².